The molecule has 0 heterocycles. The number of likely N-dealkylation sites (N-methyl/N-ethyl adjacent to an activating group) is 1. The summed E-state index contributed by atoms with van der Waals surface area (Å²) in [6, 6.07) is 8.60. The Morgan fingerprint density at radius 1 is 1.40 bits per heavy atom. The molecule has 1 aliphatic carbocycles. The number of aryl methyl sites for hydroxylation is 1. The van der Waals surface area contributed by atoms with Crippen molar-refractivity contribution in [2.75, 3.05) is 19.8 Å². The van der Waals surface area contributed by atoms with Gasteiger partial charge in [0.15, 0.2) is 0 Å². The Morgan fingerprint density at radius 2 is 2.20 bits per heavy atom. The Balaban J connectivity index is 1.89. The molecule has 0 saturated heterocycles. The van der Waals surface area contributed by atoms with E-state index in [9.17, 15) is 5.11 Å². The standard InChI is InChI=1S/C17H27NO2/c1-3-18-17(2,13-19)11-12-20-16-10-6-8-14-7-4-5-9-15(14)16/h4-5,7,9,16,18-19H,3,6,8,10-13H2,1-2H3. The molecule has 112 valence electrons. The van der Waals surface area contributed by atoms with E-state index in [2.05, 4.69) is 43.4 Å². The predicted octanol–water partition coefficient (Wildman–Crippen LogP) is 2.83. The monoisotopic (exact) mass is 277 g/mol. The maximum Gasteiger partial charge on any atom is 0.0827 e. The van der Waals surface area contributed by atoms with Crippen LogP contribution in [0, 0.1) is 0 Å². The molecule has 2 N–H and O–H groups in total. The normalized spacial score (nSPS) is 21.2. The van der Waals surface area contributed by atoms with E-state index < -0.39 is 0 Å². The minimum Gasteiger partial charge on any atom is -0.394 e. The largest absolute Gasteiger partial charge is 0.394 e. The number of benzene rings is 1. The molecule has 3 nitrogen and oxygen atoms in total. The zero-order valence-corrected chi connectivity index (χ0v) is 12.7. The van der Waals surface area contributed by atoms with E-state index in [0.29, 0.717) is 6.61 Å². The highest BCUT2D eigenvalue weighted by molar-refractivity contribution is 5.31. The van der Waals surface area contributed by atoms with Gasteiger partial charge in [-0.3, -0.25) is 0 Å². The van der Waals surface area contributed by atoms with Gasteiger partial charge in [-0.25, -0.2) is 0 Å². The lowest BCUT2D eigenvalue weighted by Gasteiger charge is -2.30. The summed E-state index contributed by atoms with van der Waals surface area (Å²) in [5.41, 5.74) is 2.55. The van der Waals surface area contributed by atoms with Crippen molar-refractivity contribution in [2.45, 2.75) is 51.2 Å². The number of hydrogen-bond acceptors (Lipinski definition) is 3. The average molecular weight is 277 g/mol. The molecule has 3 heteroatoms. The summed E-state index contributed by atoms with van der Waals surface area (Å²) in [5.74, 6) is 0. The fraction of sp³-hybridized carbons (Fsp3) is 0.647. The first-order valence-electron chi connectivity index (χ1n) is 7.74. The second-order valence-electron chi connectivity index (χ2n) is 5.95. The first kappa shape index (κ1) is 15.5. The molecule has 1 aromatic carbocycles. The van der Waals surface area contributed by atoms with E-state index in [1.807, 2.05) is 0 Å². The van der Waals surface area contributed by atoms with Crippen LogP contribution in [0.25, 0.3) is 0 Å². The van der Waals surface area contributed by atoms with Crippen LogP contribution in [0.2, 0.25) is 0 Å². The Labute approximate surface area is 122 Å². The van der Waals surface area contributed by atoms with Gasteiger partial charge in [0.2, 0.25) is 0 Å². The Hall–Kier alpha value is -0.900. The van der Waals surface area contributed by atoms with Crippen molar-refractivity contribution in [1.82, 2.24) is 5.32 Å². The quantitative estimate of drug-likeness (QED) is 0.805. The molecular formula is C17H27NO2. The van der Waals surface area contributed by atoms with Crippen LogP contribution in [0.15, 0.2) is 24.3 Å². The second-order valence-corrected chi connectivity index (χ2v) is 5.95. The second kappa shape index (κ2) is 7.21. The zero-order valence-electron chi connectivity index (χ0n) is 12.7. The van der Waals surface area contributed by atoms with Crippen LogP contribution < -0.4 is 5.32 Å². The maximum absolute atomic E-state index is 9.49. The Bertz CT molecular complexity index is 421. The summed E-state index contributed by atoms with van der Waals surface area (Å²) < 4.78 is 6.10. The highest BCUT2D eigenvalue weighted by Gasteiger charge is 2.24. The molecule has 0 aliphatic heterocycles. The summed E-state index contributed by atoms with van der Waals surface area (Å²) in [7, 11) is 0. The summed E-state index contributed by atoms with van der Waals surface area (Å²) in [6.07, 6.45) is 4.53. The van der Waals surface area contributed by atoms with Crippen molar-refractivity contribution >= 4 is 0 Å². The number of nitrogens with one attached hydrogen (secondary N) is 1. The molecular weight excluding hydrogens is 250 g/mol. The van der Waals surface area contributed by atoms with Gasteiger partial charge in [-0.1, -0.05) is 31.2 Å². The molecule has 0 spiro atoms. The van der Waals surface area contributed by atoms with Crippen LogP contribution in [-0.2, 0) is 11.2 Å². The van der Waals surface area contributed by atoms with Gasteiger partial charge in [0.25, 0.3) is 0 Å². The van der Waals surface area contributed by atoms with Crippen molar-refractivity contribution in [3.8, 4) is 0 Å². The molecule has 1 aliphatic rings. The Morgan fingerprint density at radius 3 is 2.95 bits per heavy atom. The van der Waals surface area contributed by atoms with Gasteiger partial charge >= 0.3 is 0 Å². The van der Waals surface area contributed by atoms with E-state index in [4.69, 9.17) is 4.74 Å². The minimum atomic E-state index is -0.233. The highest BCUT2D eigenvalue weighted by Crippen LogP contribution is 2.32. The van der Waals surface area contributed by atoms with E-state index in [-0.39, 0.29) is 18.2 Å². The van der Waals surface area contributed by atoms with E-state index in [1.165, 1.54) is 24.0 Å². The molecule has 2 atom stereocenters. The minimum absolute atomic E-state index is 0.144. The highest BCUT2D eigenvalue weighted by atomic mass is 16.5. The smallest absolute Gasteiger partial charge is 0.0827 e. The SMILES string of the molecule is CCNC(C)(CO)CCOC1CCCc2ccccc21. The van der Waals surface area contributed by atoms with Crippen LogP contribution in [-0.4, -0.2) is 30.4 Å². The van der Waals surface area contributed by atoms with Crippen molar-refractivity contribution in [1.29, 1.82) is 0 Å². The third-order valence-electron chi connectivity index (χ3n) is 4.24. The van der Waals surface area contributed by atoms with Crippen molar-refractivity contribution in [2.24, 2.45) is 0 Å². The molecule has 1 aromatic rings. The van der Waals surface area contributed by atoms with E-state index >= 15 is 0 Å². The van der Waals surface area contributed by atoms with Crippen molar-refractivity contribution < 1.29 is 9.84 Å². The maximum atomic E-state index is 9.49. The molecule has 0 amide bonds. The van der Waals surface area contributed by atoms with Crippen molar-refractivity contribution in [3.05, 3.63) is 35.4 Å². The van der Waals surface area contributed by atoms with Crippen LogP contribution in [0.1, 0.15) is 50.3 Å². The van der Waals surface area contributed by atoms with Gasteiger partial charge in [0.1, 0.15) is 0 Å². The summed E-state index contributed by atoms with van der Waals surface area (Å²) >= 11 is 0. The lowest BCUT2D eigenvalue weighted by molar-refractivity contribution is 0.0209. The average Bonchev–Trinajstić information content (AvgIpc) is 2.48. The van der Waals surface area contributed by atoms with Gasteiger partial charge < -0.3 is 15.2 Å². The van der Waals surface area contributed by atoms with Crippen LogP contribution >= 0.6 is 0 Å². The summed E-state index contributed by atoms with van der Waals surface area (Å²) in [4.78, 5) is 0. The number of ether oxygens (including phenoxy) is 1. The molecule has 0 fully saturated rings. The van der Waals surface area contributed by atoms with Crippen LogP contribution in [0.3, 0.4) is 0 Å². The summed E-state index contributed by atoms with van der Waals surface area (Å²) in [5, 5.41) is 12.8. The number of hydrogen-bond donors (Lipinski definition) is 2. The lowest BCUT2D eigenvalue weighted by Crippen LogP contribution is -2.46. The van der Waals surface area contributed by atoms with Gasteiger partial charge in [-0.05, 0) is 50.3 Å². The first-order valence-corrected chi connectivity index (χ1v) is 7.74. The third-order valence-corrected chi connectivity index (χ3v) is 4.24. The van der Waals surface area contributed by atoms with E-state index in [1.54, 1.807) is 0 Å². The number of rotatable bonds is 7. The van der Waals surface area contributed by atoms with E-state index in [0.717, 1.165) is 19.4 Å². The number of fused-ring (bicyclic) bond motifs is 1. The molecule has 0 saturated carbocycles. The Kier molecular flexibility index (Phi) is 5.58. The van der Waals surface area contributed by atoms with Crippen molar-refractivity contribution in [3.63, 3.8) is 0 Å². The predicted molar refractivity (Wildman–Crippen MR) is 81.9 cm³/mol. The number of aliphatic hydroxyl groups is 1. The topological polar surface area (TPSA) is 41.5 Å². The molecule has 0 radical (unpaired) electrons. The molecule has 0 bridgehead atoms. The fourth-order valence-electron chi connectivity index (χ4n) is 2.96. The van der Waals surface area contributed by atoms with Gasteiger partial charge in [-0.2, -0.15) is 0 Å². The van der Waals surface area contributed by atoms with Crippen LogP contribution in [0.5, 0.6) is 0 Å². The van der Waals surface area contributed by atoms with Crippen LogP contribution in [0.4, 0.5) is 0 Å². The first-order chi connectivity index (χ1) is 9.68. The number of aliphatic hydroxyl groups excluding tert-OH is 1. The van der Waals surface area contributed by atoms with Gasteiger partial charge in [0.05, 0.1) is 12.7 Å². The third kappa shape index (κ3) is 3.81. The zero-order chi connectivity index (χ0) is 14.4. The molecule has 2 rings (SSSR count). The molecule has 20 heavy (non-hydrogen) atoms. The summed E-state index contributed by atoms with van der Waals surface area (Å²) in [6.45, 7) is 5.80. The molecule has 0 aromatic heterocycles. The fourth-order valence-corrected chi connectivity index (χ4v) is 2.96. The van der Waals surface area contributed by atoms with Gasteiger partial charge in [-0.15, -0.1) is 0 Å². The molecule has 2 unspecified atom stereocenters. The lowest BCUT2D eigenvalue weighted by atomic mass is 9.89. The van der Waals surface area contributed by atoms with Gasteiger partial charge in [0, 0.05) is 12.1 Å².